The van der Waals surface area contributed by atoms with Crippen LogP contribution in [0.25, 0.3) is 0 Å². The van der Waals surface area contributed by atoms with Crippen molar-refractivity contribution in [3.05, 3.63) is 64.1 Å². The number of hydrogen-bond acceptors (Lipinski definition) is 5. The molecule has 1 aliphatic rings. The van der Waals surface area contributed by atoms with Gasteiger partial charge in [0.25, 0.3) is 5.91 Å². The summed E-state index contributed by atoms with van der Waals surface area (Å²) < 4.78 is 4.68. The van der Waals surface area contributed by atoms with Gasteiger partial charge in [-0.05, 0) is 26.0 Å². The molecule has 4 rings (SSSR count). The number of amides is 1. The van der Waals surface area contributed by atoms with Gasteiger partial charge in [-0.25, -0.2) is 0 Å². The van der Waals surface area contributed by atoms with Gasteiger partial charge in [0, 0.05) is 40.5 Å². The van der Waals surface area contributed by atoms with Crippen LogP contribution >= 0.6 is 15.9 Å². The van der Waals surface area contributed by atoms with Gasteiger partial charge in [-0.1, -0.05) is 33.2 Å². The van der Waals surface area contributed by atoms with E-state index >= 15 is 0 Å². The molecule has 0 radical (unpaired) electrons. The van der Waals surface area contributed by atoms with E-state index in [9.17, 15) is 4.79 Å². The fraction of sp³-hybridized carbons (Fsp3) is 0.300. The summed E-state index contributed by atoms with van der Waals surface area (Å²) in [5.41, 5.74) is 4.52. The highest BCUT2D eigenvalue weighted by Crippen LogP contribution is 2.21. The number of carbonyl (C=O) groups is 1. The Balaban J connectivity index is 1.35. The van der Waals surface area contributed by atoms with Gasteiger partial charge in [0.05, 0.1) is 30.3 Å². The average molecular weight is 457 g/mol. The van der Waals surface area contributed by atoms with Crippen LogP contribution in [0.5, 0.6) is 0 Å². The topological polar surface area (TPSA) is 86.3 Å². The predicted octanol–water partition coefficient (Wildman–Crippen LogP) is 3.35. The van der Waals surface area contributed by atoms with E-state index < -0.39 is 6.10 Å². The van der Waals surface area contributed by atoms with E-state index in [-0.39, 0.29) is 5.91 Å². The molecule has 1 unspecified atom stereocenters. The Kier molecular flexibility index (Phi) is 5.48. The lowest BCUT2D eigenvalue weighted by Crippen LogP contribution is -2.27. The normalized spacial score (nSPS) is 15.8. The van der Waals surface area contributed by atoms with Crippen LogP contribution in [0, 0.1) is 6.92 Å². The summed E-state index contributed by atoms with van der Waals surface area (Å²) in [6.45, 7) is 5.52. The highest BCUT2D eigenvalue weighted by Gasteiger charge is 2.29. The van der Waals surface area contributed by atoms with Crippen LogP contribution in [0.2, 0.25) is 0 Å². The molecule has 1 amide bonds. The molecule has 1 N–H and O–H groups in total. The highest BCUT2D eigenvalue weighted by molar-refractivity contribution is 9.10. The molecule has 1 aliphatic heterocycles. The minimum atomic E-state index is -0.655. The number of benzene rings is 1. The zero-order chi connectivity index (χ0) is 20.4. The largest absolute Gasteiger partial charge is 0.382 e. The molecule has 150 valence electrons. The van der Waals surface area contributed by atoms with E-state index in [1.807, 2.05) is 42.1 Å². The summed E-state index contributed by atoms with van der Waals surface area (Å²) in [6.07, 6.45) is 5.05. The Hall–Kier alpha value is -2.94. The molecule has 0 aliphatic carbocycles. The van der Waals surface area contributed by atoms with Crippen LogP contribution < -0.4 is 5.32 Å². The van der Waals surface area contributed by atoms with Crippen molar-refractivity contribution >= 4 is 33.2 Å². The van der Waals surface area contributed by atoms with Gasteiger partial charge in [0.2, 0.25) is 6.10 Å². The minimum Gasteiger partial charge on any atom is -0.382 e. The fourth-order valence-corrected chi connectivity index (χ4v) is 3.63. The van der Waals surface area contributed by atoms with E-state index in [0.29, 0.717) is 18.7 Å². The summed E-state index contributed by atoms with van der Waals surface area (Å²) in [4.78, 5) is 17.9. The third kappa shape index (κ3) is 4.24. The van der Waals surface area contributed by atoms with Crippen LogP contribution in [0.1, 0.15) is 30.2 Å². The number of halogens is 1. The van der Waals surface area contributed by atoms with Gasteiger partial charge in [0.15, 0.2) is 0 Å². The van der Waals surface area contributed by atoms with Crippen LogP contribution in [0.15, 0.2) is 52.5 Å². The highest BCUT2D eigenvalue weighted by atomic mass is 79.9. The standard InChI is InChI=1S/C20H21BrN6O2/c1-3-27-13(2)15(9-23-27)11-26-12-17(10-22-26)24-20(28)19-8-18(25-29-19)14-5-4-6-16(21)7-14/h4-7,9-10,12,19H,3,8,11H2,1-2H3,(H,24,28). The number of aromatic nitrogens is 4. The molecule has 0 bridgehead atoms. The van der Waals surface area contributed by atoms with E-state index in [2.05, 4.69) is 43.5 Å². The maximum absolute atomic E-state index is 12.6. The Labute approximate surface area is 176 Å². The van der Waals surface area contributed by atoms with Crippen molar-refractivity contribution in [2.45, 2.75) is 39.5 Å². The zero-order valence-electron chi connectivity index (χ0n) is 16.2. The first kappa shape index (κ1) is 19.4. The van der Waals surface area contributed by atoms with Gasteiger partial charge in [-0.3, -0.25) is 14.2 Å². The molecule has 29 heavy (non-hydrogen) atoms. The maximum Gasteiger partial charge on any atom is 0.268 e. The number of anilines is 1. The molecule has 8 nitrogen and oxygen atoms in total. The summed E-state index contributed by atoms with van der Waals surface area (Å²) >= 11 is 3.44. The number of aryl methyl sites for hydroxylation is 1. The molecule has 1 aromatic carbocycles. The minimum absolute atomic E-state index is 0.242. The number of carbonyl (C=O) groups excluding carboxylic acids is 1. The molecule has 9 heteroatoms. The van der Waals surface area contributed by atoms with Crippen molar-refractivity contribution in [1.82, 2.24) is 19.6 Å². The molecule has 0 spiro atoms. The first-order valence-electron chi connectivity index (χ1n) is 9.36. The SMILES string of the molecule is CCn1ncc(Cn2cc(NC(=O)C3CC(c4cccc(Br)c4)=NO3)cn2)c1C. The second-order valence-electron chi connectivity index (χ2n) is 6.83. The summed E-state index contributed by atoms with van der Waals surface area (Å²) in [5.74, 6) is -0.242. The van der Waals surface area contributed by atoms with Gasteiger partial charge < -0.3 is 10.2 Å². The van der Waals surface area contributed by atoms with Crippen LogP contribution in [-0.2, 0) is 22.7 Å². The molecule has 3 heterocycles. The smallest absolute Gasteiger partial charge is 0.268 e. The summed E-state index contributed by atoms with van der Waals surface area (Å²) in [6, 6.07) is 7.77. The summed E-state index contributed by atoms with van der Waals surface area (Å²) in [5, 5.41) is 15.6. The van der Waals surface area contributed by atoms with Gasteiger partial charge in [-0.2, -0.15) is 10.2 Å². The first-order chi connectivity index (χ1) is 14.0. The molecular weight excluding hydrogens is 436 g/mol. The lowest BCUT2D eigenvalue weighted by molar-refractivity contribution is -0.125. The third-order valence-corrected chi connectivity index (χ3v) is 5.35. The Morgan fingerprint density at radius 3 is 2.97 bits per heavy atom. The van der Waals surface area contributed by atoms with Crippen LogP contribution in [-0.4, -0.2) is 37.3 Å². The average Bonchev–Trinajstić information content (AvgIpc) is 3.43. The van der Waals surface area contributed by atoms with E-state index in [1.54, 1.807) is 17.1 Å². The zero-order valence-corrected chi connectivity index (χ0v) is 17.8. The lowest BCUT2D eigenvalue weighted by atomic mass is 10.0. The second-order valence-corrected chi connectivity index (χ2v) is 7.75. The van der Waals surface area contributed by atoms with Crippen molar-refractivity contribution in [3.8, 4) is 0 Å². The van der Waals surface area contributed by atoms with E-state index in [1.165, 1.54) is 0 Å². The maximum atomic E-state index is 12.6. The van der Waals surface area contributed by atoms with Crippen LogP contribution in [0.3, 0.4) is 0 Å². The van der Waals surface area contributed by atoms with E-state index in [0.717, 1.165) is 33.5 Å². The van der Waals surface area contributed by atoms with Crippen molar-refractivity contribution in [3.63, 3.8) is 0 Å². The van der Waals surface area contributed by atoms with Gasteiger partial charge in [-0.15, -0.1) is 0 Å². The first-order valence-corrected chi connectivity index (χ1v) is 10.2. The second kappa shape index (κ2) is 8.20. The van der Waals surface area contributed by atoms with Crippen molar-refractivity contribution < 1.29 is 9.63 Å². The number of hydrogen-bond donors (Lipinski definition) is 1. The van der Waals surface area contributed by atoms with Crippen molar-refractivity contribution in [2.75, 3.05) is 5.32 Å². The number of nitrogens with zero attached hydrogens (tertiary/aromatic N) is 5. The monoisotopic (exact) mass is 456 g/mol. The number of nitrogens with one attached hydrogen (secondary N) is 1. The molecular formula is C20H21BrN6O2. The molecule has 3 aromatic rings. The summed E-state index contributed by atoms with van der Waals surface area (Å²) in [7, 11) is 0. The predicted molar refractivity (Wildman–Crippen MR) is 113 cm³/mol. The van der Waals surface area contributed by atoms with Crippen molar-refractivity contribution in [2.24, 2.45) is 5.16 Å². The third-order valence-electron chi connectivity index (χ3n) is 4.86. The van der Waals surface area contributed by atoms with Crippen molar-refractivity contribution in [1.29, 1.82) is 0 Å². The molecule has 0 fully saturated rings. The lowest BCUT2D eigenvalue weighted by Gasteiger charge is -2.07. The Bertz CT molecular complexity index is 1070. The van der Waals surface area contributed by atoms with Gasteiger partial charge in [0.1, 0.15) is 0 Å². The number of oxime groups is 1. The molecule has 2 aromatic heterocycles. The Morgan fingerprint density at radius 1 is 1.34 bits per heavy atom. The van der Waals surface area contributed by atoms with Gasteiger partial charge >= 0.3 is 0 Å². The van der Waals surface area contributed by atoms with E-state index in [4.69, 9.17) is 4.84 Å². The molecule has 0 saturated carbocycles. The fourth-order valence-electron chi connectivity index (χ4n) is 3.23. The molecule has 1 atom stereocenters. The molecule has 0 saturated heterocycles. The quantitative estimate of drug-likeness (QED) is 0.615. The number of rotatable bonds is 6. The van der Waals surface area contributed by atoms with Crippen LogP contribution in [0.4, 0.5) is 5.69 Å². The Morgan fingerprint density at radius 2 is 2.21 bits per heavy atom.